The van der Waals surface area contributed by atoms with E-state index in [-0.39, 0.29) is 10.0 Å². The summed E-state index contributed by atoms with van der Waals surface area (Å²) in [7, 11) is -5.85. The molecule has 0 unspecified atom stereocenters. The summed E-state index contributed by atoms with van der Waals surface area (Å²) >= 11 is 6.07. The number of hydrogen-bond acceptors (Lipinski definition) is 5. The quantitative estimate of drug-likeness (QED) is 0.207. The van der Waals surface area contributed by atoms with Gasteiger partial charge in [0.1, 0.15) is 15.0 Å². The molecule has 12 heteroatoms. The Bertz CT molecular complexity index is 965. The maximum atomic E-state index is 13.8. The highest BCUT2D eigenvalue weighted by Gasteiger charge is 2.31. The van der Waals surface area contributed by atoms with E-state index < -0.39 is 50.0 Å². The molecule has 0 amide bonds. The van der Waals surface area contributed by atoms with E-state index in [4.69, 9.17) is 0 Å². The minimum atomic E-state index is -5.85. The lowest BCUT2D eigenvalue weighted by molar-refractivity contribution is 0.0715. The molecule has 0 saturated carbocycles. The van der Waals surface area contributed by atoms with Gasteiger partial charge in [-0.3, -0.25) is 0 Å². The summed E-state index contributed by atoms with van der Waals surface area (Å²) in [5.41, 5.74) is -0.247. The molecular weight excluding hydrogens is 504 g/mol. The van der Waals surface area contributed by atoms with Gasteiger partial charge in [-0.1, -0.05) is 15.9 Å². The smallest absolute Gasteiger partial charge is 0.344 e. The number of benzene rings is 2. The molecule has 0 aliphatic heterocycles. The van der Waals surface area contributed by atoms with Gasteiger partial charge >= 0.3 is 5.97 Å². The Labute approximate surface area is 154 Å². The van der Waals surface area contributed by atoms with Crippen molar-refractivity contribution in [2.24, 2.45) is 0 Å². The molecule has 0 spiro atoms. The van der Waals surface area contributed by atoms with Gasteiger partial charge in [-0.05, 0) is 34.1 Å². The first-order chi connectivity index (χ1) is 11.4. The standard InChI is InChI=1S/C13H4Br2F4O5S/c14-4-1-2-5(6(15)3-4)13(20)24-11-7(16)9(18)12(25(21,22)23)10(19)8(11)17/h1-3H,(H,21,22,23)/p-1. The minimum Gasteiger partial charge on any atom is -0.744 e. The molecule has 0 fully saturated rings. The van der Waals surface area contributed by atoms with Crippen LogP contribution >= 0.6 is 31.9 Å². The van der Waals surface area contributed by atoms with Gasteiger partial charge in [-0.2, -0.15) is 8.78 Å². The molecular formula is C13H3Br2F4O5S-. The summed E-state index contributed by atoms with van der Waals surface area (Å²) in [4.78, 5) is 9.59. The van der Waals surface area contributed by atoms with Crippen molar-refractivity contribution in [3.8, 4) is 5.75 Å². The van der Waals surface area contributed by atoms with Crippen LogP contribution in [0.3, 0.4) is 0 Å². The van der Waals surface area contributed by atoms with Gasteiger partial charge in [0, 0.05) is 8.95 Å². The van der Waals surface area contributed by atoms with Crippen molar-refractivity contribution in [2.75, 3.05) is 0 Å². The Morgan fingerprint density at radius 3 is 1.96 bits per heavy atom. The van der Waals surface area contributed by atoms with Crippen LogP contribution in [-0.2, 0) is 10.1 Å². The van der Waals surface area contributed by atoms with E-state index >= 15 is 0 Å². The van der Waals surface area contributed by atoms with Crippen LogP contribution < -0.4 is 4.74 Å². The number of rotatable bonds is 3. The number of esters is 1. The van der Waals surface area contributed by atoms with Gasteiger partial charge in [0.05, 0.1) is 5.56 Å². The SMILES string of the molecule is O=C(Oc1c(F)c(F)c(S(=O)(=O)[O-])c(F)c1F)c1ccc(Br)cc1Br. The highest BCUT2D eigenvalue weighted by atomic mass is 79.9. The molecule has 25 heavy (non-hydrogen) atoms. The summed E-state index contributed by atoms with van der Waals surface area (Å²) in [5, 5.41) is 0. The Hall–Kier alpha value is -1.50. The number of halogens is 6. The number of hydrogen-bond donors (Lipinski definition) is 0. The molecule has 5 nitrogen and oxygen atoms in total. The maximum absolute atomic E-state index is 13.8. The average molecular weight is 507 g/mol. The van der Waals surface area contributed by atoms with Crippen molar-refractivity contribution in [3.05, 3.63) is 56.0 Å². The first-order valence-corrected chi connectivity index (χ1v) is 8.93. The van der Waals surface area contributed by atoms with Crippen molar-refractivity contribution in [1.29, 1.82) is 0 Å². The zero-order valence-electron chi connectivity index (χ0n) is 11.4. The highest BCUT2D eigenvalue weighted by Crippen LogP contribution is 2.33. The van der Waals surface area contributed by atoms with Crippen LogP contribution in [0.1, 0.15) is 10.4 Å². The van der Waals surface area contributed by atoms with E-state index in [1.165, 1.54) is 18.2 Å². The van der Waals surface area contributed by atoms with E-state index in [2.05, 4.69) is 36.6 Å². The normalized spacial score (nSPS) is 11.5. The van der Waals surface area contributed by atoms with Gasteiger partial charge in [-0.25, -0.2) is 22.0 Å². The maximum Gasteiger partial charge on any atom is 0.344 e. The molecule has 0 heterocycles. The lowest BCUT2D eigenvalue weighted by atomic mass is 10.2. The average Bonchev–Trinajstić information content (AvgIpc) is 2.48. The molecule has 0 aliphatic rings. The van der Waals surface area contributed by atoms with Crippen LogP contribution in [0.5, 0.6) is 5.75 Å². The molecule has 0 N–H and O–H groups in total. The van der Waals surface area contributed by atoms with Gasteiger partial charge < -0.3 is 9.29 Å². The topological polar surface area (TPSA) is 83.5 Å². The zero-order chi connectivity index (χ0) is 19.1. The molecule has 0 aliphatic carbocycles. The molecule has 2 rings (SSSR count). The molecule has 134 valence electrons. The Kier molecular flexibility index (Phi) is 5.56. The predicted molar refractivity (Wildman–Crippen MR) is 81.0 cm³/mol. The molecule has 0 aromatic heterocycles. The summed E-state index contributed by atoms with van der Waals surface area (Å²) < 4.78 is 92.0. The minimum absolute atomic E-state index is 0.132. The lowest BCUT2D eigenvalue weighted by Crippen LogP contribution is -2.16. The fraction of sp³-hybridized carbons (Fsp3) is 0. The molecule has 0 bridgehead atoms. The van der Waals surface area contributed by atoms with Crippen LogP contribution in [-0.4, -0.2) is 18.9 Å². The van der Waals surface area contributed by atoms with Crippen LogP contribution in [0, 0.1) is 23.3 Å². The van der Waals surface area contributed by atoms with Gasteiger partial charge in [-0.15, -0.1) is 0 Å². The third-order valence-electron chi connectivity index (χ3n) is 2.78. The summed E-state index contributed by atoms with van der Waals surface area (Å²) in [6.45, 7) is 0. The second kappa shape index (κ2) is 7.02. The van der Waals surface area contributed by atoms with Gasteiger partial charge in [0.25, 0.3) is 0 Å². The Morgan fingerprint density at radius 1 is 1.00 bits per heavy atom. The lowest BCUT2D eigenvalue weighted by Gasteiger charge is -2.14. The monoisotopic (exact) mass is 505 g/mol. The third kappa shape index (κ3) is 3.86. The number of carbonyl (C=O) groups excluding carboxylic acids is 1. The third-order valence-corrected chi connectivity index (χ3v) is 4.79. The van der Waals surface area contributed by atoms with Crippen LogP contribution in [0.2, 0.25) is 0 Å². The summed E-state index contributed by atoms with van der Waals surface area (Å²) in [6, 6.07) is 3.94. The molecule has 0 atom stereocenters. The Morgan fingerprint density at radius 2 is 1.52 bits per heavy atom. The van der Waals surface area contributed by atoms with Crippen molar-refractivity contribution in [2.45, 2.75) is 4.90 Å². The van der Waals surface area contributed by atoms with Crippen molar-refractivity contribution in [3.63, 3.8) is 0 Å². The van der Waals surface area contributed by atoms with Crippen LogP contribution in [0.15, 0.2) is 32.0 Å². The van der Waals surface area contributed by atoms with E-state index in [1.54, 1.807) is 0 Å². The first-order valence-electron chi connectivity index (χ1n) is 5.94. The van der Waals surface area contributed by atoms with Gasteiger partial charge in [0.15, 0.2) is 11.6 Å². The zero-order valence-corrected chi connectivity index (χ0v) is 15.4. The predicted octanol–water partition coefficient (Wildman–Crippen LogP) is 3.89. The number of ether oxygens (including phenoxy) is 1. The van der Waals surface area contributed by atoms with Crippen LogP contribution in [0.25, 0.3) is 0 Å². The number of carbonyl (C=O) groups is 1. The van der Waals surface area contributed by atoms with E-state index in [1.807, 2.05) is 0 Å². The molecule has 0 radical (unpaired) electrons. The van der Waals surface area contributed by atoms with E-state index in [0.29, 0.717) is 4.47 Å². The molecule has 2 aromatic carbocycles. The fourth-order valence-electron chi connectivity index (χ4n) is 1.70. The summed E-state index contributed by atoms with van der Waals surface area (Å²) in [6.07, 6.45) is 0. The van der Waals surface area contributed by atoms with E-state index in [0.717, 1.165) is 0 Å². The van der Waals surface area contributed by atoms with Crippen LogP contribution in [0.4, 0.5) is 17.6 Å². The second-order valence-corrected chi connectivity index (χ2v) is 7.47. The second-order valence-electron chi connectivity index (χ2n) is 4.38. The van der Waals surface area contributed by atoms with Crippen molar-refractivity contribution >= 4 is 47.9 Å². The Balaban J connectivity index is 2.56. The first kappa shape index (κ1) is 19.8. The van der Waals surface area contributed by atoms with E-state index in [9.17, 15) is 35.3 Å². The van der Waals surface area contributed by atoms with Crippen molar-refractivity contribution in [1.82, 2.24) is 0 Å². The largest absolute Gasteiger partial charge is 0.744 e. The molecule has 2 aromatic rings. The highest BCUT2D eigenvalue weighted by molar-refractivity contribution is 9.11. The summed E-state index contributed by atoms with van der Waals surface area (Å²) in [5.74, 6) is -12.9. The molecule has 0 saturated heterocycles. The van der Waals surface area contributed by atoms with Crippen molar-refractivity contribution < 1.29 is 40.1 Å². The fourth-order valence-corrected chi connectivity index (χ4v) is 3.53. The van der Waals surface area contributed by atoms with Gasteiger partial charge in [0.2, 0.25) is 17.4 Å².